The molecule has 0 rings (SSSR count). The third-order valence-electron chi connectivity index (χ3n) is 0.167. The second-order valence-electron chi connectivity index (χ2n) is 0.455. The standard InChI is InChI=1S/CH7OPSi/c1-2-4-3/h3-4H2,1H3. The number of hydrogen-bond donors (Lipinski definition) is 0. The summed E-state index contributed by atoms with van der Waals surface area (Å²) in [5, 5.41) is 0. The fourth-order valence-electron chi connectivity index (χ4n) is 0. The van der Waals surface area contributed by atoms with Crippen LogP contribution in [0.4, 0.5) is 0 Å². The minimum atomic E-state index is -0.159. The Bertz CT molecular complexity index is 10.0. The number of rotatable bonds is 1. The molecule has 1 nitrogen and oxygen atoms in total. The van der Waals surface area contributed by atoms with Crippen LogP contribution < -0.4 is 0 Å². The molecule has 0 saturated carbocycles. The van der Waals surface area contributed by atoms with Crippen LogP contribution in [0.5, 0.6) is 0 Å². The lowest BCUT2D eigenvalue weighted by atomic mass is 11.8. The van der Waals surface area contributed by atoms with E-state index in [0.717, 1.165) is 0 Å². The van der Waals surface area contributed by atoms with E-state index >= 15 is 0 Å². The van der Waals surface area contributed by atoms with Crippen molar-refractivity contribution in [3.05, 3.63) is 0 Å². The Morgan fingerprint density at radius 3 is 2.25 bits per heavy atom. The van der Waals surface area contributed by atoms with Crippen LogP contribution in [0.25, 0.3) is 0 Å². The van der Waals surface area contributed by atoms with Gasteiger partial charge >= 0.3 is 0 Å². The van der Waals surface area contributed by atoms with E-state index in [0.29, 0.717) is 0 Å². The summed E-state index contributed by atoms with van der Waals surface area (Å²) < 4.78 is 4.64. The van der Waals surface area contributed by atoms with E-state index in [4.69, 9.17) is 0 Å². The third-order valence-corrected chi connectivity index (χ3v) is 1.50. The molecule has 1 unspecified atom stereocenters. The Hall–Kier alpha value is 0.607. The van der Waals surface area contributed by atoms with Crippen molar-refractivity contribution < 1.29 is 4.43 Å². The molecule has 0 radical (unpaired) electrons. The summed E-state index contributed by atoms with van der Waals surface area (Å²) in [5.74, 6) is 0. The smallest absolute Gasteiger partial charge is 0.180 e. The predicted molar refractivity (Wildman–Crippen MR) is 25.3 cm³/mol. The van der Waals surface area contributed by atoms with Gasteiger partial charge in [0.2, 0.25) is 0 Å². The van der Waals surface area contributed by atoms with Gasteiger partial charge in [-0.2, -0.15) is 0 Å². The first-order chi connectivity index (χ1) is 1.91. The van der Waals surface area contributed by atoms with E-state index in [1.807, 2.05) is 0 Å². The zero-order valence-electron chi connectivity index (χ0n) is 2.69. The van der Waals surface area contributed by atoms with E-state index in [-0.39, 0.29) is 9.43 Å². The van der Waals surface area contributed by atoms with Crippen LogP contribution in [-0.2, 0) is 4.43 Å². The van der Waals surface area contributed by atoms with Crippen molar-refractivity contribution in [2.24, 2.45) is 0 Å². The van der Waals surface area contributed by atoms with Gasteiger partial charge in [0, 0.05) is 7.11 Å². The first-order valence-corrected chi connectivity index (χ1v) is 4.95. The van der Waals surface area contributed by atoms with Gasteiger partial charge in [-0.05, 0) is 0 Å². The molecule has 0 amide bonds. The van der Waals surface area contributed by atoms with Crippen molar-refractivity contribution in [1.82, 2.24) is 0 Å². The van der Waals surface area contributed by atoms with Crippen LogP contribution in [0.2, 0.25) is 0 Å². The Labute approximate surface area is 30.7 Å². The topological polar surface area (TPSA) is 9.23 Å². The van der Waals surface area contributed by atoms with Crippen LogP contribution in [-0.4, -0.2) is 16.5 Å². The van der Waals surface area contributed by atoms with Gasteiger partial charge in [-0.1, -0.05) is 0 Å². The molecule has 0 aromatic carbocycles. The fourth-order valence-corrected chi connectivity index (χ4v) is 0. The molecule has 0 aliphatic heterocycles. The monoisotopic (exact) mass is 94.0 g/mol. The molecule has 0 aromatic rings. The maximum Gasteiger partial charge on any atom is 0.180 e. The molecule has 0 aliphatic carbocycles. The maximum absolute atomic E-state index is 4.64. The molecule has 0 spiro atoms. The second kappa shape index (κ2) is 3.61. The molecule has 3 heteroatoms. The summed E-state index contributed by atoms with van der Waals surface area (Å²) in [6.07, 6.45) is 0. The minimum absolute atomic E-state index is 0.159. The molecule has 0 aliphatic rings. The summed E-state index contributed by atoms with van der Waals surface area (Å²) in [4.78, 5) is 0. The second-order valence-corrected chi connectivity index (χ2v) is 2.37. The average molecular weight is 94.1 g/mol. The summed E-state index contributed by atoms with van der Waals surface area (Å²) in [6.45, 7) is 0. The van der Waals surface area contributed by atoms with Gasteiger partial charge in [-0.25, -0.2) is 0 Å². The highest BCUT2D eigenvalue weighted by Crippen LogP contribution is 1.68. The van der Waals surface area contributed by atoms with Crippen LogP contribution in [0.1, 0.15) is 0 Å². The van der Waals surface area contributed by atoms with Crippen molar-refractivity contribution in [1.29, 1.82) is 0 Å². The minimum Gasteiger partial charge on any atom is -0.422 e. The van der Waals surface area contributed by atoms with Crippen LogP contribution in [0.3, 0.4) is 0 Å². The van der Waals surface area contributed by atoms with Crippen LogP contribution in [0.15, 0.2) is 0 Å². The molecule has 0 fully saturated rings. The Morgan fingerprint density at radius 1 is 2.00 bits per heavy atom. The van der Waals surface area contributed by atoms with Gasteiger partial charge in [0.15, 0.2) is 9.43 Å². The zero-order chi connectivity index (χ0) is 3.41. The van der Waals surface area contributed by atoms with Gasteiger partial charge in [-0.15, -0.1) is 8.79 Å². The Kier molecular flexibility index (Phi) is 4.15. The first kappa shape index (κ1) is 4.61. The highest BCUT2D eigenvalue weighted by molar-refractivity contribution is 7.54. The van der Waals surface area contributed by atoms with Crippen LogP contribution >= 0.6 is 8.79 Å². The molecular formula is CH7OPSi. The van der Waals surface area contributed by atoms with Gasteiger partial charge in [-0.3, -0.25) is 0 Å². The van der Waals surface area contributed by atoms with Crippen LogP contribution in [0, 0.1) is 0 Å². The van der Waals surface area contributed by atoms with Crippen molar-refractivity contribution in [3.63, 3.8) is 0 Å². The summed E-state index contributed by atoms with van der Waals surface area (Å²) in [7, 11) is 4.13. The lowest BCUT2D eigenvalue weighted by molar-refractivity contribution is 0.456. The van der Waals surface area contributed by atoms with Crippen molar-refractivity contribution in [2.75, 3.05) is 7.11 Å². The highest BCUT2D eigenvalue weighted by Gasteiger charge is 1.54. The summed E-state index contributed by atoms with van der Waals surface area (Å²) in [6, 6.07) is 0. The lowest BCUT2D eigenvalue weighted by Crippen LogP contribution is -1.74. The normalized spacial score (nSPS) is 10.5. The average Bonchev–Trinajstić information content (AvgIpc) is 1.37. The fraction of sp³-hybridized carbons (Fsp3) is 1.00. The third kappa shape index (κ3) is 2.61. The summed E-state index contributed by atoms with van der Waals surface area (Å²) >= 11 is 0. The molecule has 0 saturated heterocycles. The molecular weight excluding hydrogens is 87.1 g/mol. The molecule has 26 valence electrons. The first-order valence-electron chi connectivity index (χ1n) is 1.11. The SMILES string of the molecule is CO[SiH2]P. The predicted octanol–water partition coefficient (Wildman–Crippen LogP) is -0.493. The Balaban J connectivity index is 1.97. The maximum atomic E-state index is 4.64. The molecule has 4 heavy (non-hydrogen) atoms. The lowest BCUT2D eigenvalue weighted by Gasteiger charge is -1.75. The quantitative estimate of drug-likeness (QED) is 0.314. The highest BCUT2D eigenvalue weighted by atomic mass is 31.3. The van der Waals surface area contributed by atoms with Crippen molar-refractivity contribution in [3.8, 4) is 0 Å². The van der Waals surface area contributed by atoms with E-state index in [2.05, 4.69) is 13.2 Å². The van der Waals surface area contributed by atoms with Gasteiger partial charge < -0.3 is 4.43 Å². The molecule has 1 atom stereocenters. The van der Waals surface area contributed by atoms with Gasteiger partial charge in [0.05, 0.1) is 0 Å². The largest absolute Gasteiger partial charge is 0.422 e. The van der Waals surface area contributed by atoms with E-state index in [9.17, 15) is 0 Å². The molecule has 0 bridgehead atoms. The molecule has 0 aromatic heterocycles. The van der Waals surface area contributed by atoms with Gasteiger partial charge in [0.1, 0.15) is 0 Å². The number of hydrogen-bond acceptors (Lipinski definition) is 1. The van der Waals surface area contributed by atoms with E-state index in [1.165, 1.54) is 0 Å². The molecule has 0 heterocycles. The summed E-state index contributed by atoms with van der Waals surface area (Å²) in [5.41, 5.74) is 0. The van der Waals surface area contributed by atoms with Crippen molar-refractivity contribution >= 4 is 18.2 Å². The van der Waals surface area contributed by atoms with E-state index in [1.54, 1.807) is 7.11 Å². The zero-order valence-corrected chi connectivity index (χ0v) is 5.26. The van der Waals surface area contributed by atoms with Gasteiger partial charge in [0.25, 0.3) is 0 Å². The van der Waals surface area contributed by atoms with E-state index < -0.39 is 0 Å². The molecule has 0 N–H and O–H groups in total. The van der Waals surface area contributed by atoms with Crippen molar-refractivity contribution in [2.45, 2.75) is 0 Å². The Morgan fingerprint density at radius 2 is 2.25 bits per heavy atom.